The summed E-state index contributed by atoms with van der Waals surface area (Å²) in [5.41, 5.74) is 2.45. The van der Waals surface area contributed by atoms with Gasteiger partial charge in [-0.05, 0) is 36.1 Å². The van der Waals surface area contributed by atoms with Gasteiger partial charge in [0.15, 0.2) is 0 Å². The molecular formula is C16H18FNO2. The first-order chi connectivity index (χ1) is 9.51. The van der Waals surface area contributed by atoms with Crippen molar-refractivity contribution in [3.8, 4) is 11.6 Å². The Labute approximate surface area is 118 Å². The quantitative estimate of drug-likeness (QED) is 0.919. The predicted molar refractivity (Wildman–Crippen MR) is 75.5 cm³/mol. The van der Waals surface area contributed by atoms with E-state index >= 15 is 0 Å². The van der Waals surface area contributed by atoms with Crippen LogP contribution in [0, 0.1) is 12.7 Å². The van der Waals surface area contributed by atoms with Crippen molar-refractivity contribution >= 4 is 0 Å². The number of aryl methyl sites for hydroxylation is 1. The summed E-state index contributed by atoms with van der Waals surface area (Å²) in [6.45, 7) is 5.80. The molecule has 1 N–H and O–H groups in total. The monoisotopic (exact) mass is 275 g/mol. The van der Waals surface area contributed by atoms with Crippen LogP contribution in [0.15, 0.2) is 30.5 Å². The zero-order chi connectivity index (χ0) is 14.7. The van der Waals surface area contributed by atoms with Crippen molar-refractivity contribution < 1.29 is 14.2 Å². The molecule has 0 aliphatic heterocycles. The lowest BCUT2D eigenvalue weighted by Gasteiger charge is -2.15. The second-order valence-electron chi connectivity index (χ2n) is 5.07. The Morgan fingerprint density at radius 3 is 2.70 bits per heavy atom. The summed E-state index contributed by atoms with van der Waals surface area (Å²) in [6.07, 6.45) is 1.08. The summed E-state index contributed by atoms with van der Waals surface area (Å²) in [6, 6.07) is 7.18. The number of nitrogens with zero attached hydrogens (tertiary/aromatic N) is 1. The van der Waals surface area contributed by atoms with Crippen LogP contribution in [-0.4, -0.2) is 10.1 Å². The van der Waals surface area contributed by atoms with Crippen LogP contribution in [-0.2, 0) is 6.61 Å². The van der Waals surface area contributed by atoms with Crippen molar-refractivity contribution in [1.29, 1.82) is 0 Å². The summed E-state index contributed by atoms with van der Waals surface area (Å²) in [5, 5.41) is 9.27. The van der Waals surface area contributed by atoms with Crippen molar-refractivity contribution in [3.63, 3.8) is 0 Å². The highest BCUT2D eigenvalue weighted by molar-refractivity contribution is 5.42. The maximum absolute atomic E-state index is 13.1. The molecular weight excluding hydrogens is 257 g/mol. The fourth-order valence-corrected chi connectivity index (χ4v) is 1.98. The van der Waals surface area contributed by atoms with Gasteiger partial charge in [-0.1, -0.05) is 26.0 Å². The van der Waals surface area contributed by atoms with Crippen molar-refractivity contribution in [2.75, 3.05) is 0 Å². The molecule has 2 aromatic rings. The molecule has 1 aromatic heterocycles. The van der Waals surface area contributed by atoms with Crippen molar-refractivity contribution in [2.24, 2.45) is 0 Å². The van der Waals surface area contributed by atoms with E-state index in [4.69, 9.17) is 4.74 Å². The van der Waals surface area contributed by atoms with Gasteiger partial charge in [0.2, 0.25) is 5.88 Å². The van der Waals surface area contributed by atoms with E-state index in [0.29, 0.717) is 17.2 Å². The van der Waals surface area contributed by atoms with Gasteiger partial charge in [-0.25, -0.2) is 9.37 Å². The van der Waals surface area contributed by atoms with E-state index in [1.54, 1.807) is 0 Å². The minimum atomic E-state index is -0.491. The van der Waals surface area contributed by atoms with Gasteiger partial charge in [0, 0.05) is 5.56 Å². The summed E-state index contributed by atoms with van der Waals surface area (Å²) < 4.78 is 18.9. The van der Waals surface area contributed by atoms with Crippen molar-refractivity contribution in [3.05, 3.63) is 53.0 Å². The first kappa shape index (κ1) is 14.5. The lowest BCUT2D eigenvalue weighted by atomic mass is 10.0. The molecule has 0 saturated carbocycles. The number of hydrogen-bond donors (Lipinski definition) is 1. The molecule has 0 radical (unpaired) electrons. The van der Waals surface area contributed by atoms with Crippen LogP contribution < -0.4 is 4.74 Å². The molecule has 1 heterocycles. The maximum Gasteiger partial charge on any atom is 0.224 e. The van der Waals surface area contributed by atoms with E-state index in [2.05, 4.69) is 18.8 Å². The summed E-state index contributed by atoms with van der Waals surface area (Å²) in [4.78, 5) is 3.92. The summed E-state index contributed by atoms with van der Waals surface area (Å²) in [7, 11) is 0. The van der Waals surface area contributed by atoms with E-state index in [9.17, 15) is 9.50 Å². The lowest BCUT2D eigenvalue weighted by Crippen LogP contribution is -2.00. The Bertz CT molecular complexity index is 611. The number of rotatable bonds is 4. The van der Waals surface area contributed by atoms with Crippen LogP contribution >= 0.6 is 0 Å². The van der Waals surface area contributed by atoms with E-state index in [1.807, 2.05) is 25.1 Å². The first-order valence-corrected chi connectivity index (χ1v) is 6.55. The molecule has 0 spiro atoms. The van der Waals surface area contributed by atoms with Gasteiger partial charge in [0.25, 0.3) is 0 Å². The minimum Gasteiger partial charge on any atom is -0.438 e. The Balaban J connectivity index is 2.41. The second-order valence-corrected chi connectivity index (χ2v) is 5.07. The van der Waals surface area contributed by atoms with Gasteiger partial charge in [0.1, 0.15) is 11.6 Å². The number of hydrogen-bond acceptors (Lipinski definition) is 3. The molecule has 20 heavy (non-hydrogen) atoms. The van der Waals surface area contributed by atoms with Crippen molar-refractivity contribution in [2.45, 2.75) is 33.3 Å². The lowest BCUT2D eigenvalue weighted by molar-refractivity contribution is 0.274. The van der Waals surface area contributed by atoms with Crippen molar-refractivity contribution in [1.82, 2.24) is 4.98 Å². The smallest absolute Gasteiger partial charge is 0.224 e. The molecule has 3 nitrogen and oxygen atoms in total. The van der Waals surface area contributed by atoms with Gasteiger partial charge in [-0.15, -0.1) is 0 Å². The normalized spacial score (nSPS) is 10.9. The average molecular weight is 275 g/mol. The highest BCUT2D eigenvalue weighted by Gasteiger charge is 2.13. The number of ether oxygens (including phenoxy) is 1. The minimum absolute atomic E-state index is 0.237. The largest absolute Gasteiger partial charge is 0.438 e. The zero-order valence-corrected chi connectivity index (χ0v) is 11.9. The fraction of sp³-hybridized carbons (Fsp3) is 0.312. The third-order valence-corrected chi connectivity index (χ3v) is 3.06. The number of aliphatic hydroxyl groups is 1. The van der Waals surface area contributed by atoms with Gasteiger partial charge in [0.05, 0.1) is 12.8 Å². The molecule has 0 unspecified atom stereocenters. The van der Waals surface area contributed by atoms with Gasteiger partial charge >= 0.3 is 0 Å². The third-order valence-electron chi connectivity index (χ3n) is 3.06. The topological polar surface area (TPSA) is 42.4 Å². The Morgan fingerprint density at radius 2 is 2.05 bits per heavy atom. The summed E-state index contributed by atoms with van der Waals surface area (Å²) >= 11 is 0. The molecule has 0 saturated heterocycles. The van der Waals surface area contributed by atoms with Crippen LogP contribution in [0.25, 0.3) is 0 Å². The van der Waals surface area contributed by atoms with E-state index in [0.717, 1.165) is 17.3 Å². The number of benzene rings is 1. The van der Waals surface area contributed by atoms with Crippen LogP contribution in [0.4, 0.5) is 4.39 Å². The molecule has 0 amide bonds. The molecule has 0 aliphatic rings. The first-order valence-electron chi connectivity index (χ1n) is 6.55. The number of halogens is 1. The Hall–Kier alpha value is -1.94. The Morgan fingerprint density at radius 1 is 1.30 bits per heavy atom. The molecule has 0 bridgehead atoms. The van der Waals surface area contributed by atoms with E-state index in [1.165, 1.54) is 6.07 Å². The zero-order valence-electron chi connectivity index (χ0n) is 11.9. The van der Waals surface area contributed by atoms with Gasteiger partial charge < -0.3 is 9.84 Å². The standard InChI is InChI=1S/C16H18FNO2/c1-10(2)14-5-4-11(3)6-15(14)20-16-12(9-19)7-13(17)8-18-16/h4-8,10,19H,9H2,1-3H3. The summed E-state index contributed by atoms with van der Waals surface area (Å²) in [5.74, 6) is 0.730. The van der Waals surface area contributed by atoms with Crippen LogP contribution in [0.5, 0.6) is 11.6 Å². The SMILES string of the molecule is Cc1ccc(C(C)C)c(Oc2ncc(F)cc2CO)c1. The fourth-order valence-electron chi connectivity index (χ4n) is 1.98. The molecule has 106 valence electrons. The van der Waals surface area contributed by atoms with Crippen LogP contribution in [0.3, 0.4) is 0 Å². The second kappa shape index (κ2) is 6.01. The maximum atomic E-state index is 13.1. The highest BCUT2D eigenvalue weighted by Crippen LogP contribution is 2.32. The number of pyridine rings is 1. The van der Waals surface area contributed by atoms with Crippen LogP contribution in [0.1, 0.15) is 36.5 Å². The molecule has 2 rings (SSSR count). The van der Waals surface area contributed by atoms with Gasteiger partial charge in [-0.2, -0.15) is 0 Å². The molecule has 0 fully saturated rings. The average Bonchev–Trinajstić information content (AvgIpc) is 2.40. The predicted octanol–water partition coefficient (Wildman–Crippen LogP) is 3.94. The van der Waals surface area contributed by atoms with Gasteiger partial charge in [-0.3, -0.25) is 0 Å². The molecule has 0 atom stereocenters. The number of aliphatic hydroxyl groups excluding tert-OH is 1. The van der Waals surface area contributed by atoms with E-state index in [-0.39, 0.29) is 12.5 Å². The van der Waals surface area contributed by atoms with E-state index < -0.39 is 5.82 Å². The van der Waals surface area contributed by atoms with Crippen LogP contribution in [0.2, 0.25) is 0 Å². The highest BCUT2D eigenvalue weighted by atomic mass is 19.1. The molecule has 1 aromatic carbocycles. The third kappa shape index (κ3) is 3.14. The molecule has 0 aliphatic carbocycles. The Kier molecular flexibility index (Phi) is 4.35. The number of aromatic nitrogens is 1. The molecule has 4 heteroatoms.